The molecule has 2 heterocycles. The largest absolute Gasteiger partial charge is 0.465 e. The number of fused-ring (bicyclic) bond motifs is 1. The lowest BCUT2D eigenvalue weighted by molar-refractivity contribution is -0.143. The van der Waals surface area contributed by atoms with Crippen LogP contribution in [0.5, 0.6) is 0 Å². The Labute approximate surface area is 139 Å². The summed E-state index contributed by atoms with van der Waals surface area (Å²) in [7, 11) is 3.05. The van der Waals surface area contributed by atoms with Crippen molar-refractivity contribution in [1.82, 2.24) is 9.13 Å². The van der Waals surface area contributed by atoms with Gasteiger partial charge < -0.3 is 18.6 Å². The normalized spacial score (nSPS) is 10.9. The van der Waals surface area contributed by atoms with Crippen LogP contribution in [0.1, 0.15) is 34.2 Å². The third-order valence-electron chi connectivity index (χ3n) is 4.42. The molecule has 0 aliphatic rings. The first-order valence-electron chi connectivity index (χ1n) is 7.69. The van der Waals surface area contributed by atoms with Gasteiger partial charge in [-0.1, -0.05) is 0 Å². The predicted molar refractivity (Wildman–Crippen MR) is 89.4 cm³/mol. The van der Waals surface area contributed by atoms with Crippen molar-refractivity contribution >= 4 is 23.0 Å². The predicted octanol–water partition coefficient (Wildman–Crippen LogP) is 1.61. The molecule has 0 aliphatic carbocycles. The summed E-state index contributed by atoms with van der Waals surface area (Å²) in [6.07, 6.45) is 0. The fourth-order valence-corrected chi connectivity index (χ4v) is 2.97. The molecule has 0 N–H and O–H groups in total. The van der Waals surface area contributed by atoms with Crippen LogP contribution in [-0.2, 0) is 27.9 Å². The Morgan fingerprint density at radius 3 is 2.29 bits per heavy atom. The van der Waals surface area contributed by atoms with Crippen LogP contribution in [-0.4, -0.2) is 34.8 Å². The van der Waals surface area contributed by atoms with Crippen molar-refractivity contribution in [3.05, 3.63) is 32.7 Å². The second-order valence-electron chi connectivity index (χ2n) is 5.64. The summed E-state index contributed by atoms with van der Waals surface area (Å²) < 4.78 is 13.3. The van der Waals surface area contributed by atoms with Crippen LogP contribution in [0, 0.1) is 20.8 Å². The van der Waals surface area contributed by atoms with Gasteiger partial charge in [-0.2, -0.15) is 0 Å². The van der Waals surface area contributed by atoms with Crippen molar-refractivity contribution in [3.63, 3.8) is 0 Å². The van der Waals surface area contributed by atoms with Crippen LogP contribution in [0.4, 0.5) is 0 Å². The van der Waals surface area contributed by atoms with Gasteiger partial charge in [0, 0.05) is 18.4 Å². The van der Waals surface area contributed by atoms with Crippen LogP contribution in [0.25, 0.3) is 11.0 Å². The van der Waals surface area contributed by atoms with Crippen LogP contribution in [0.15, 0.2) is 4.79 Å². The second kappa shape index (κ2) is 6.51. The lowest BCUT2D eigenvalue weighted by atomic mass is 10.1. The number of methoxy groups -OCH3 is 1. The number of hydrogen-bond donors (Lipinski definition) is 0. The van der Waals surface area contributed by atoms with Crippen LogP contribution in [0.3, 0.4) is 0 Å². The van der Waals surface area contributed by atoms with E-state index >= 15 is 0 Å². The molecule has 0 radical (unpaired) electrons. The van der Waals surface area contributed by atoms with Gasteiger partial charge in [-0.05, 0) is 33.3 Å². The molecule has 7 nitrogen and oxygen atoms in total. The smallest absolute Gasteiger partial charge is 0.343 e. The molecule has 7 heteroatoms. The maximum atomic E-state index is 12.9. The van der Waals surface area contributed by atoms with Gasteiger partial charge in [-0.25, -0.2) is 4.79 Å². The van der Waals surface area contributed by atoms with E-state index in [0.717, 1.165) is 11.3 Å². The highest BCUT2D eigenvalue weighted by atomic mass is 16.5. The second-order valence-corrected chi connectivity index (χ2v) is 5.64. The van der Waals surface area contributed by atoms with Gasteiger partial charge in [0.1, 0.15) is 17.8 Å². The lowest BCUT2D eigenvalue weighted by Gasteiger charge is -2.16. The first-order chi connectivity index (χ1) is 11.3. The number of pyridine rings is 1. The Hall–Kier alpha value is -2.57. The number of aromatic nitrogens is 2. The van der Waals surface area contributed by atoms with Gasteiger partial charge in [0.2, 0.25) is 5.43 Å². The molecule has 0 aromatic carbocycles. The van der Waals surface area contributed by atoms with Crippen molar-refractivity contribution < 1.29 is 19.1 Å². The molecule has 24 heavy (non-hydrogen) atoms. The number of nitrogens with zero attached hydrogens (tertiary/aromatic N) is 2. The van der Waals surface area contributed by atoms with Crippen molar-refractivity contribution in [2.45, 2.75) is 34.2 Å². The molecule has 0 unspecified atom stereocenters. The first-order valence-corrected chi connectivity index (χ1v) is 7.69. The van der Waals surface area contributed by atoms with Crippen molar-refractivity contribution in [2.75, 3.05) is 13.7 Å². The molecule has 0 aliphatic heterocycles. The van der Waals surface area contributed by atoms with Crippen molar-refractivity contribution in [1.29, 1.82) is 0 Å². The van der Waals surface area contributed by atoms with Gasteiger partial charge >= 0.3 is 11.9 Å². The highest BCUT2D eigenvalue weighted by Crippen LogP contribution is 2.24. The van der Waals surface area contributed by atoms with Gasteiger partial charge in [-0.3, -0.25) is 9.59 Å². The van der Waals surface area contributed by atoms with Crippen molar-refractivity contribution in [3.8, 4) is 0 Å². The topological polar surface area (TPSA) is 79.5 Å². The molecule has 0 saturated heterocycles. The number of ether oxygens (including phenoxy) is 2. The first kappa shape index (κ1) is 17.8. The number of aryl methyl sites for hydroxylation is 2. The van der Waals surface area contributed by atoms with E-state index in [0.29, 0.717) is 16.7 Å². The minimum Gasteiger partial charge on any atom is -0.465 e. The highest BCUT2D eigenvalue weighted by molar-refractivity contribution is 5.96. The third-order valence-corrected chi connectivity index (χ3v) is 4.42. The third kappa shape index (κ3) is 2.60. The van der Waals surface area contributed by atoms with Gasteiger partial charge in [-0.15, -0.1) is 0 Å². The Balaban J connectivity index is 2.93. The Bertz CT molecular complexity index is 889. The van der Waals surface area contributed by atoms with Gasteiger partial charge in [0.25, 0.3) is 0 Å². The number of esters is 2. The zero-order valence-corrected chi connectivity index (χ0v) is 14.8. The molecule has 0 fully saturated rings. The maximum Gasteiger partial charge on any atom is 0.343 e. The molecule has 0 saturated carbocycles. The Morgan fingerprint density at radius 2 is 1.75 bits per heavy atom. The average Bonchev–Trinajstić information content (AvgIpc) is 2.76. The maximum absolute atomic E-state index is 12.9. The summed E-state index contributed by atoms with van der Waals surface area (Å²) in [6, 6.07) is 0. The molecular formula is C17H22N2O5. The van der Waals surface area contributed by atoms with Crippen LogP contribution < -0.4 is 5.43 Å². The van der Waals surface area contributed by atoms with E-state index in [1.54, 1.807) is 18.4 Å². The van der Waals surface area contributed by atoms with Gasteiger partial charge in [0.05, 0.1) is 19.1 Å². The SMILES string of the molecule is CCOC(=O)Cn1c(C)c(C(=O)OC)c(=O)c2c(C)c(C)n(C)c21. The summed E-state index contributed by atoms with van der Waals surface area (Å²) in [5, 5.41) is 0.422. The molecule has 0 atom stereocenters. The van der Waals surface area contributed by atoms with E-state index in [9.17, 15) is 14.4 Å². The van der Waals surface area contributed by atoms with Crippen LogP contribution >= 0.6 is 0 Å². The van der Waals surface area contributed by atoms with E-state index in [-0.39, 0.29) is 24.1 Å². The number of carbonyl (C=O) groups is 2. The summed E-state index contributed by atoms with van der Waals surface area (Å²) in [4.78, 5) is 37.0. The summed E-state index contributed by atoms with van der Waals surface area (Å²) in [5.74, 6) is -1.14. The minimum absolute atomic E-state index is 0.0528. The van der Waals surface area contributed by atoms with Crippen molar-refractivity contribution in [2.24, 2.45) is 7.05 Å². The molecular weight excluding hydrogens is 312 g/mol. The van der Waals surface area contributed by atoms with Gasteiger partial charge in [0.15, 0.2) is 0 Å². The monoisotopic (exact) mass is 334 g/mol. The zero-order chi connectivity index (χ0) is 18.2. The van der Waals surface area contributed by atoms with Crippen LogP contribution in [0.2, 0.25) is 0 Å². The Morgan fingerprint density at radius 1 is 1.12 bits per heavy atom. The molecule has 2 rings (SSSR count). The van der Waals surface area contributed by atoms with E-state index in [1.807, 2.05) is 25.5 Å². The zero-order valence-electron chi connectivity index (χ0n) is 14.8. The highest BCUT2D eigenvalue weighted by Gasteiger charge is 2.25. The van der Waals surface area contributed by atoms with E-state index in [2.05, 4.69) is 0 Å². The summed E-state index contributed by atoms with van der Waals surface area (Å²) >= 11 is 0. The lowest BCUT2D eigenvalue weighted by Crippen LogP contribution is -2.26. The Kier molecular flexibility index (Phi) is 4.82. The quantitative estimate of drug-likeness (QED) is 0.794. The fraction of sp³-hybridized carbons (Fsp3) is 0.471. The van der Waals surface area contributed by atoms with E-state index in [4.69, 9.17) is 9.47 Å². The number of carbonyl (C=O) groups excluding carboxylic acids is 2. The van der Waals surface area contributed by atoms with E-state index in [1.165, 1.54) is 7.11 Å². The van der Waals surface area contributed by atoms with E-state index < -0.39 is 11.9 Å². The minimum atomic E-state index is -0.710. The summed E-state index contributed by atoms with van der Waals surface area (Å²) in [5.41, 5.74) is 2.21. The summed E-state index contributed by atoms with van der Waals surface area (Å²) in [6.45, 7) is 7.24. The number of hydrogen-bond acceptors (Lipinski definition) is 5. The molecule has 2 aromatic heterocycles. The molecule has 0 amide bonds. The molecule has 2 aromatic rings. The molecule has 0 bridgehead atoms. The average molecular weight is 334 g/mol. The number of rotatable bonds is 4. The fourth-order valence-electron chi connectivity index (χ4n) is 2.97. The standard InChI is InChI=1S/C17H22N2O5/c1-7-24-12(20)8-19-11(4)14(17(22)23-6)15(21)13-9(2)10(3)18(5)16(13)19/h7-8H2,1-6H3. The molecule has 0 spiro atoms. The molecule has 130 valence electrons.